The van der Waals surface area contributed by atoms with Crippen molar-refractivity contribution in [1.82, 2.24) is 19.6 Å². The zero-order valence-corrected chi connectivity index (χ0v) is 12.0. The highest BCUT2D eigenvalue weighted by Crippen LogP contribution is 2.20. The third kappa shape index (κ3) is 3.01. The van der Waals surface area contributed by atoms with Gasteiger partial charge in [0.1, 0.15) is 12.1 Å². The summed E-state index contributed by atoms with van der Waals surface area (Å²) in [6.45, 7) is 5.92. The first-order chi connectivity index (χ1) is 9.13. The Labute approximate surface area is 113 Å². The van der Waals surface area contributed by atoms with Crippen LogP contribution in [0.1, 0.15) is 31.9 Å². The third-order valence-corrected chi connectivity index (χ3v) is 3.08. The lowest BCUT2D eigenvalue weighted by Crippen LogP contribution is -2.23. The number of hydrogen-bond donors (Lipinski definition) is 0. The smallest absolute Gasteiger partial charge is 0.254 e. The van der Waals surface area contributed by atoms with Crippen LogP contribution < -0.4 is 4.90 Å². The quantitative estimate of drug-likeness (QED) is 0.743. The highest BCUT2D eigenvalue weighted by molar-refractivity contribution is 5.47. The van der Waals surface area contributed by atoms with E-state index in [2.05, 4.69) is 46.9 Å². The second kappa shape index (κ2) is 5.97. The number of aromatic nitrogens is 4. The van der Waals surface area contributed by atoms with Crippen molar-refractivity contribution in [3.8, 4) is 0 Å². The molecule has 2 rings (SSSR count). The molecular formula is C13H21N5O. The van der Waals surface area contributed by atoms with Gasteiger partial charge in [-0.05, 0) is 12.3 Å². The molecule has 0 aliphatic heterocycles. The molecule has 0 fully saturated rings. The Kier molecular flexibility index (Phi) is 4.31. The molecule has 2 aromatic rings. The summed E-state index contributed by atoms with van der Waals surface area (Å²) in [6.07, 6.45) is 2.52. The van der Waals surface area contributed by atoms with E-state index < -0.39 is 0 Å². The van der Waals surface area contributed by atoms with Crippen LogP contribution in [0.5, 0.6) is 0 Å². The van der Waals surface area contributed by atoms with Crippen LogP contribution in [0.3, 0.4) is 0 Å². The van der Waals surface area contributed by atoms with Crippen LogP contribution >= 0.6 is 0 Å². The maximum absolute atomic E-state index is 5.09. The molecule has 6 nitrogen and oxygen atoms in total. The monoisotopic (exact) mass is 263 g/mol. The van der Waals surface area contributed by atoms with Crippen molar-refractivity contribution in [2.75, 3.05) is 32.2 Å². The van der Waals surface area contributed by atoms with Gasteiger partial charge < -0.3 is 9.64 Å². The van der Waals surface area contributed by atoms with E-state index in [1.165, 1.54) is 0 Å². The first-order valence-corrected chi connectivity index (χ1v) is 6.54. The number of nitrogens with zero attached hydrogens (tertiary/aromatic N) is 5. The van der Waals surface area contributed by atoms with Gasteiger partial charge in [0.25, 0.3) is 5.78 Å². The van der Waals surface area contributed by atoms with Gasteiger partial charge in [-0.2, -0.15) is 14.6 Å². The largest absolute Gasteiger partial charge is 0.385 e. The summed E-state index contributed by atoms with van der Waals surface area (Å²) in [6, 6.07) is 2.08. The highest BCUT2D eigenvalue weighted by atomic mass is 16.5. The van der Waals surface area contributed by atoms with Crippen LogP contribution in [0.15, 0.2) is 12.4 Å². The van der Waals surface area contributed by atoms with Crippen LogP contribution in [0.2, 0.25) is 0 Å². The fourth-order valence-corrected chi connectivity index (χ4v) is 1.94. The van der Waals surface area contributed by atoms with Gasteiger partial charge >= 0.3 is 0 Å². The van der Waals surface area contributed by atoms with Crippen LogP contribution in [-0.4, -0.2) is 46.9 Å². The van der Waals surface area contributed by atoms with E-state index in [0.717, 1.165) is 31.1 Å². The molecule has 0 saturated heterocycles. The summed E-state index contributed by atoms with van der Waals surface area (Å²) in [4.78, 5) is 10.9. The average Bonchev–Trinajstić information content (AvgIpc) is 2.85. The SMILES string of the molecule is COCCCN(C)c1cc(C(C)C)nc2ncnn12. The van der Waals surface area contributed by atoms with Gasteiger partial charge in [-0.25, -0.2) is 4.98 Å². The van der Waals surface area contributed by atoms with Crippen LogP contribution in [0.4, 0.5) is 5.82 Å². The van der Waals surface area contributed by atoms with Gasteiger partial charge in [-0.15, -0.1) is 0 Å². The highest BCUT2D eigenvalue weighted by Gasteiger charge is 2.12. The summed E-state index contributed by atoms with van der Waals surface area (Å²) in [7, 11) is 3.77. The van der Waals surface area contributed by atoms with E-state index >= 15 is 0 Å². The molecule has 0 spiro atoms. The predicted molar refractivity (Wildman–Crippen MR) is 74.6 cm³/mol. The Morgan fingerprint density at radius 3 is 2.89 bits per heavy atom. The molecule has 0 aromatic carbocycles. The predicted octanol–water partition coefficient (Wildman–Crippen LogP) is 1.72. The first kappa shape index (κ1) is 13.7. The molecule has 0 aliphatic carbocycles. The number of hydrogen-bond acceptors (Lipinski definition) is 5. The Morgan fingerprint density at radius 1 is 1.42 bits per heavy atom. The molecule has 2 aromatic heterocycles. The normalized spacial score (nSPS) is 11.4. The zero-order chi connectivity index (χ0) is 13.8. The van der Waals surface area contributed by atoms with Gasteiger partial charge in [0, 0.05) is 33.4 Å². The lowest BCUT2D eigenvalue weighted by atomic mass is 10.1. The third-order valence-electron chi connectivity index (χ3n) is 3.08. The summed E-state index contributed by atoms with van der Waals surface area (Å²) in [5, 5.41) is 4.24. The molecule has 0 amide bonds. The molecule has 0 bridgehead atoms. The van der Waals surface area contributed by atoms with E-state index in [-0.39, 0.29) is 0 Å². The van der Waals surface area contributed by atoms with Crippen molar-refractivity contribution < 1.29 is 4.74 Å². The van der Waals surface area contributed by atoms with Crippen LogP contribution in [-0.2, 0) is 4.74 Å². The zero-order valence-electron chi connectivity index (χ0n) is 12.0. The summed E-state index contributed by atoms with van der Waals surface area (Å²) in [5.74, 6) is 2.04. The molecule has 2 heterocycles. The number of fused-ring (bicyclic) bond motifs is 1. The summed E-state index contributed by atoms with van der Waals surface area (Å²) in [5.41, 5.74) is 1.04. The minimum Gasteiger partial charge on any atom is -0.385 e. The molecule has 6 heteroatoms. The molecule has 0 unspecified atom stereocenters. The van der Waals surface area contributed by atoms with Gasteiger partial charge in [0.05, 0.1) is 5.69 Å². The maximum atomic E-state index is 5.09. The Hall–Kier alpha value is -1.69. The van der Waals surface area contributed by atoms with Crippen molar-refractivity contribution in [1.29, 1.82) is 0 Å². The molecule has 19 heavy (non-hydrogen) atoms. The molecule has 0 atom stereocenters. The standard InChI is InChI=1S/C13H21N5O/c1-10(2)11-8-12(17(3)6-5-7-19-4)18-13(16-11)14-9-15-18/h8-10H,5-7H2,1-4H3. The fraction of sp³-hybridized carbons (Fsp3) is 0.615. The van der Waals surface area contributed by atoms with E-state index in [4.69, 9.17) is 4.74 Å². The topological polar surface area (TPSA) is 55.5 Å². The molecule has 104 valence electrons. The minimum atomic E-state index is 0.368. The van der Waals surface area contributed by atoms with Crippen molar-refractivity contribution in [3.63, 3.8) is 0 Å². The minimum absolute atomic E-state index is 0.368. The lowest BCUT2D eigenvalue weighted by molar-refractivity contribution is 0.196. The second-order valence-corrected chi connectivity index (χ2v) is 4.93. The molecular weight excluding hydrogens is 242 g/mol. The fourth-order valence-electron chi connectivity index (χ4n) is 1.94. The van der Waals surface area contributed by atoms with Crippen LogP contribution in [0.25, 0.3) is 5.78 Å². The molecule has 0 aliphatic rings. The summed E-state index contributed by atoms with van der Waals surface area (Å²) >= 11 is 0. The Bertz CT molecular complexity index is 537. The Balaban J connectivity index is 2.31. The number of methoxy groups -OCH3 is 1. The second-order valence-electron chi connectivity index (χ2n) is 4.93. The molecule has 0 saturated carbocycles. The Morgan fingerprint density at radius 2 is 2.21 bits per heavy atom. The average molecular weight is 263 g/mol. The first-order valence-electron chi connectivity index (χ1n) is 6.54. The van der Waals surface area contributed by atoms with E-state index in [1.54, 1.807) is 18.0 Å². The van der Waals surface area contributed by atoms with Gasteiger partial charge in [-0.1, -0.05) is 13.8 Å². The number of ether oxygens (including phenoxy) is 1. The van der Waals surface area contributed by atoms with Crippen molar-refractivity contribution in [2.24, 2.45) is 0 Å². The van der Waals surface area contributed by atoms with Gasteiger partial charge in [-0.3, -0.25) is 0 Å². The van der Waals surface area contributed by atoms with E-state index in [0.29, 0.717) is 11.7 Å². The molecule has 0 N–H and O–H groups in total. The van der Waals surface area contributed by atoms with E-state index in [9.17, 15) is 0 Å². The van der Waals surface area contributed by atoms with Crippen molar-refractivity contribution >= 4 is 11.6 Å². The lowest BCUT2D eigenvalue weighted by Gasteiger charge is -2.20. The van der Waals surface area contributed by atoms with Crippen molar-refractivity contribution in [3.05, 3.63) is 18.1 Å². The van der Waals surface area contributed by atoms with Crippen LogP contribution in [0, 0.1) is 0 Å². The van der Waals surface area contributed by atoms with Gasteiger partial charge in [0.15, 0.2) is 0 Å². The number of anilines is 1. The van der Waals surface area contributed by atoms with Gasteiger partial charge in [0.2, 0.25) is 0 Å². The van der Waals surface area contributed by atoms with Crippen molar-refractivity contribution in [2.45, 2.75) is 26.2 Å². The van der Waals surface area contributed by atoms with E-state index in [1.807, 2.05) is 0 Å². The summed E-state index contributed by atoms with van der Waals surface area (Å²) < 4.78 is 6.87. The molecule has 0 radical (unpaired) electrons. The number of rotatable bonds is 6. The maximum Gasteiger partial charge on any atom is 0.254 e.